The van der Waals surface area contributed by atoms with Gasteiger partial charge in [0.2, 0.25) is 5.91 Å². The van der Waals surface area contributed by atoms with Gasteiger partial charge < -0.3 is 10.1 Å². The van der Waals surface area contributed by atoms with Crippen molar-refractivity contribution in [3.05, 3.63) is 29.8 Å². The van der Waals surface area contributed by atoms with Crippen LogP contribution in [0, 0.1) is 0 Å². The molecule has 0 fully saturated rings. The molecule has 0 aliphatic heterocycles. The molecule has 0 spiro atoms. The predicted octanol–water partition coefficient (Wildman–Crippen LogP) is 2.60. The Morgan fingerprint density at radius 1 is 1.24 bits per heavy atom. The molecule has 1 aromatic carbocycles. The standard InChI is InChI=1S/C13H17NO3/c1-4-12(15)14-11-7-5-10(6-8-11)13(16)17-9(2)3/h5-9H,4H2,1-3H3,(H,14,15). The molecule has 1 N–H and O–H groups in total. The van der Waals surface area contributed by atoms with Gasteiger partial charge in [0.25, 0.3) is 0 Å². The van der Waals surface area contributed by atoms with Gasteiger partial charge in [-0.3, -0.25) is 4.79 Å². The molecule has 0 aliphatic rings. The molecule has 0 saturated heterocycles. The lowest BCUT2D eigenvalue weighted by Crippen LogP contribution is -2.12. The Labute approximate surface area is 101 Å². The Morgan fingerprint density at radius 3 is 2.29 bits per heavy atom. The molecule has 0 unspecified atom stereocenters. The fraction of sp³-hybridized carbons (Fsp3) is 0.385. The van der Waals surface area contributed by atoms with Crippen LogP contribution in [0.15, 0.2) is 24.3 Å². The van der Waals surface area contributed by atoms with Gasteiger partial charge in [-0.1, -0.05) is 6.92 Å². The maximum Gasteiger partial charge on any atom is 0.338 e. The van der Waals surface area contributed by atoms with E-state index in [0.29, 0.717) is 17.7 Å². The lowest BCUT2D eigenvalue weighted by atomic mass is 10.2. The Balaban J connectivity index is 2.67. The minimum absolute atomic E-state index is 0.0532. The average Bonchev–Trinajstić information content (AvgIpc) is 2.28. The van der Waals surface area contributed by atoms with E-state index in [1.807, 2.05) is 0 Å². The van der Waals surface area contributed by atoms with Gasteiger partial charge in [0.1, 0.15) is 0 Å². The van der Waals surface area contributed by atoms with Gasteiger partial charge >= 0.3 is 5.97 Å². The molecule has 92 valence electrons. The van der Waals surface area contributed by atoms with E-state index in [2.05, 4.69) is 5.32 Å². The van der Waals surface area contributed by atoms with Crippen molar-refractivity contribution in [3.8, 4) is 0 Å². The third kappa shape index (κ3) is 4.26. The second-order valence-electron chi connectivity index (χ2n) is 3.93. The van der Waals surface area contributed by atoms with E-state index in [9.17, 15) is 9.59 Å². The molecule has 1 rings (SSSR count). The summed E-state index contributed by atoms with van der Waals surface area (Å²) in [6.07, 6.45) is 0.291. The Bertz CT molecular complexity index is 396. The molecule has 0 radical (unpaired) electrons. The number of hydrogen-bond donors (Lipinski definition) is 1. The van der Waals surface area contributed by atoms with E-state index in [1.165, 1.54) is 0 Å². The Hall–Kier alpha value is -1.84. The van der Waals surface area contributed by atoms with Crippen LogP contribution in [0.3, 0.4) is 0 Å². The lowest BCUT2D eigenvalue weighted by Gasteiger charge is -2.08. The predicted molar refractivity (Wildman–Crippen MR) is 65.9 cm³/mol. The van der Waals surface area contributed by atoms with Gasteiger partial charge in [0, 0.05) is 12.1 Å². The lowest BCUT2D eigenvalue weighted by molar-refractivity contribution is -0.115. The molecule has 0 saturated carbocycles. The highest BCUT2D eigenvalue weighted by atomic mass is 16.5. The highest BCUT2D eigenvalue weighted by Crippen LogP contribution is 2.11. The van der Waals surface area contributed by atoms with Crippen molar-refractivity contribution in [1.82, 2.24) is 0 Å². The molecule has 17 heavy (non-hydrogen) atoms. The number of carbonyl (C=O) groups is 2. The van der Waals surface area contributed by atoms with Crippen LogP contribution >= 0.6 is 0 Å². The van der Waals surface area contributed by atoms with Crippen LogP contribution in [0.1, 0.15) is 37.6 Å². The molecule has 0 bridgehead atoms. The second-order valence-corrected chi connectivity index (χ2v) is 3.93. The summed E-state index contributed by atoms with van der Waals surface area (Å²) in [7, 11) is 0. The van der Waals surface area contributed by atoms with Crippen LogP contribution in [-0.4, -0.2) is 18.0 Å². The molecular weight excluding hydrogens is 218 g/mol. The summed E-state index contributed by atoms with van der Waals surface area (Å²) in [4.78, 5) is 22.7. The largest absolute Gasteiger partial charge is 0.459 e. The number of hydrogen-bond acceptors (Lipinski definition) is 3. The minimum Gasteiger partial charge on any atom is -0.459 e. The van der Waals surface area contributed by atoms with E-state index in [-0.39, 0.29) is 18.0 Å². The first-order valence-corrected chi connectivity index (χ1v) is 5.63. The molecule has 1 aromatic rings. The van der Waals surface area contributed by atoms with Crippen LogP contribution in [0.2, 0.25) is 0 Å². The van der Waals surface area contributed by atoms with E-state index in [1.54, 1.807) is 45.0 Å². The number of esters is 1. The molecule has 0 heterocycles. The van der Waals surface area contributed by atoms with Crippen molar-refractivity contribution in [3.63, 3.8) is 0 Å². The van der Waals surface area contributed by atoms with Crippen LogP contribution in [-0.2, 0) is 9.53 Å². The molecule has 4 nitrogen and oxygen atoms in total. The number of rotatable bonds is 4. The van der Waals surface area contributed by atoms with Crippen LogP contribution in [0.4, 0.5) is 5.69 Å². The summed E-state index contributed by atoms with van der Waals surface area (Å²) >= 11 is 0. The van der Waals surface area contributed by atoms with Crippen molar-refractivity contribution < 1.29 is 14.3 Å². The van der Waals surface area contributed by atoms with Gasteiger partial charge in [0.15, 0.2) is 0 Å². The highest BCUT2D eigenvalue weighted by molar-refractivity contribution is 5.92. The minimum atomic E-state index is -0.353. The SMILES string of the molecule is CCC(=O)Nc1ccc(C(=O)OC(C)C)cc1. The second kappa shape index (κ2) is 6.03. The molecule has 4 heteroatoms. The van der Waals surface area contributed by atoms with Gasteiger partial charge in [-0.05, 0) is 38.1 Å². The normalized spacial score (nSPS) is 10.1. The molecule has 0 aromatic heterocycles. The Morgan fingerprint density at radius 2 is 1.82 bits per heavy atom. The van der Waals surface area contributed by atoms with Crippen LogP contribution in [0.5, 0.6) is 0 Å². The number of nitrogens with one attached hydrogen (secondary N) is 1. The molecule has 0 atom stereocenters. The maximum atomic E-state index is 11.5. The topological polar surface area (TPSA) is 55.4 Å². The van der Waals surface area contributed by atoms with Crippen LogP contribution < -0.4 is 5.32 Å². The summed E-state index contributed by atoms with van der Waals surface area (Å²) in [5.41, 5.74) is 1.16. The zero-order valence-electron chi connectivity index (χ0n) is 10.3. The Kier molecular flexibility index (Phi) is 4.69. The molecule has 0 aliphatic carbocycles. The number of amides is 1. The third-order valence-electron chi connectivity index (χ3n) is 2.07. The number of ether oxygens (including phenoxy) is 1. The van der Waals surface area contributed by atoms with Crippen molar-refractivity contribution in [1.29, 1.82) is 0 Å². The first-order valence-electron chi connectivity index (χ1n) is 5.63. The van der Waals surface area contributed by atoms with Crippen molar-refractivity contribution >= 4 is 17.6 Å². The first kappa shape index (κ1) is 13.2. The number of carbonyl (C=O) groups excluding carboxylic acids is 2. The highest BCUT2D eigenvalue weighted by Gasteiger charge is 2.08. The average molecular weight is 235 g/mol. The monoisotopic (exact) mass is 235 g/mol. The van der Waals surface area contributed by atoms with Gasteiger partial charge in [0.05, 0.1) is 11.7 Å². The smallest absolute Gasteiger partial charge is 0.338 e. The maximum absolute atomic E-state index is 11.5. The van der Waals surface area contributed by atoms with Crippen molar-refractivity contribution in [2.45, 2.75) is 33.3 Å². The van der Waals surface area contributed by atoms with E-state index < -0.39 is 0 Å². The zero-order chi connectivity index (χ0) is 12.8. The summed E-state index contributed by atoms with van der Waals surface area (Å²) in [5, 5.41) is 2.71. The fourth-order valence-electron chi connectivity index (χ4n) is 1.22. The third-order valence-corrected chi connectivity index (χ3v) is 2.07. The summed E-state index contributed by atoms with van der Waals surface area (Å²) in [6, 6.07) is 6.64. The molecular formula is C13H17NO3. The van der Waals surface area contributed by atoms with Gasteiger partial charge in [-0.25, -0.2) is 4.79 Å². The van der Waals surface area contributed by atoms with E-state index in [0.717, 1.165) is 0 Å². The van der Waals surface area contributed by atoms with Crippen molar-refractivity contribution in [2.75, 3.05) is 5.32 Å². The quantitative estimate of drug-likeness (QED) is 0.816. The fourth-order valence-corrected chi connectivity index (χ4v) is 1.22. The van der Waals surface area contributed by atoms with Gasteiger partial charge in [-0.2, -0.15) is 0 Å². The molecule has 1 amide bonds. The first-order chi connectivity index (χ1) is 8.02. The zero-order valence-corrected chi connectivity index (χ0v) is 10.3. The summed E-state index contributed by atoms with van der Waals surface area (Å²) in [6.45, 7) is 5.38. The summed E-state index contributed by atoms with van der Waals surface area (Å²) in [5.74, 6) is -0.407. The summed E-state index contributed by atoms with van der Waals surface area (Å²) < 4.78 is 5.05. The van der Waals surface area contributed by atoms with Gasteiger partial charge in [-0.15, -0.1) is 0 Å². The number of anilines is 1. The number of benzene rings is 1. The van der Waals surface area contributed by atoms with E-state index >= 15 is 0 Å². The van der Waals surface area contributed by atoms with E-state index in [4.69, 9.17) is 4.74 Å². The van der Waals surface area contributed by atoms with Crippen LogP contribution in [0.25, 0.3) is 0 Å². The van der Waals surface area contributed by atoms with Crippen molar-refractivity contribution in [2.24, 2.45) is 0 Å².